The molecule has 1 aromatic rings. The summed E-state index contributed by atoms with van der Waals surface area (Å²) in [5, 5.41) is 9.20. The molecule has 3 nitrogen and oxygen atoms in total. The van der Waals surface area contributed by atoms with E-state index in [4.69, 9.17) is 21.4 Å². The van der Waals surface area contributed by atoms with Crippen molar-refractivity contribution in [3.8, 4) is 5.75 Å². The van der Waals surface area contributed by atoms with E-state index in [1.54, 1.807) is 19.1 Å². The predicted octanol–water partition coefficient (Wildman–Crippen LogP) is 3.06. The Morgan fingerprint density at radius 3 is 2.81 bits per heavy atom. The summed E-state index contributed by atoms with van der Waals surface area (Å²) in [7, 11) is 0. The van der Waals surface area contributed by atoms with Gasteiger partial charge < -0.3 is 9.84 Å². The van der Waals surface area contributed by atoms with Crippen molar-refractivity contribution < 1.29 is 14.6 Å². The molecule has 0 heterocycles. The lowest BCUT2D eigenvalue weighted by molar-refractivity contribution is -0.131. The van der Waals surface area contributed by atoms with E-state index in [2.05, 4.69) is 0 Å². The van der Waals surface area contributed by atoms with E-state index in [0.717, 1.165) is 11.6 Å². The molecule has 0 amide bonds. The van der Waals surface area contributed by atoms with Gasteiger partial charge in [-0.2, -0.15) is 0 Å². The SMILES string of the molecule is CC(=CC(=O)O)COc1ccc(Cl)c(C)c1. The zero-order valence-corrected chi connectivity index (χ0v) is 9.91. The van der Waals surface area contributed by atoms with Crippen LogP contribution in [0.2, 0.25) is 5.02 Å². The van der Waals surface area contributed by atoms with E-state index in [1.165, 1.54) is 0 Å². The number of carbonyl (C=O) groups is 1. The van der Waals surface area contributed by atoms with Crippen LogP contribution in [0.1, 0.15) is 12.5 Å². The average Bonchev–Trinajstić information content (AvgIpc) is 2.19. The number of aryl methyl sites for hydroxylation is 1. The molecule has 0 aliphatic carbocycles. The van der Waals surface area contributed by atoms with Gasteiger partial charge in [-0.1, -0.05) is 11.6 Å². The Morgan fingerprint density at radius 1 is 1.56 bits per heavy atom. The second-order valence-electron chi connectivity index (χ2n) is 3.53. The molecular weight excluding hydrogens is 228 g/mol. The fourth-order valence-corrected chi connectivity index (χ4v) is 1.27. The molecule has 86 valence electrons. The number of halogens is 1. The van der Waals surface area contributed by atoms with E-state index in [-0.39, 0.29) is 6.61 Å². The number of carboxylic acid groups (broad SMARTS) is 1. The maximum absolute atomic E-state index is 10.4. The van der Waals surface area contributed by atoms with Gasteiger partial charge in [-0.3, -0.25) is 0 Å². The zero-order chi connectivity index (χ0) is 12.1. The van der Waals surface area contributed by atoms with Crippen molar-refractivity contribution in [1.29, 1.82) is 0 Å². The highest BCUT2D eigenvalue weighted by molar-refractivity contribution is 6.31. The van der Waals surface area contributed by atoms with Crippen LogP contribution >= 0.6 is 11.6 Å². The van der Waals surface area contributed by atoms with E-state index in [9.17, 15) is 4.79 Å². The van der Waals surface area contributed by atoms with Crippen LogP contribution in [-0.4, -0.2) is 17.7 Å². The van der Waals surface area contributed by atoms with Crippen molar-refractivity contribution in [2.75, 3.05) is 6.61 Å². The highest BCUT2D eigenvalue weighted by Gasteiger charge is 2.00. The molecule has 0 aliphatic heterocycles. The van der Waals surface area contributed by atoms with Crippen LogP contribution in [0.25, 0.3) is 0 Å². The minimum absolute atomic E-state index is 0.257. The molecule has 4 heteroatoms. The van der Waals surface area contributed by atoms with Crippen LogP contribution in [0, 0.1) is 6.92 Å². The minimum atomic E-state index is -0.964. The zero-order valence-electron chi connectivity index (χ0n) is 9.16. The third-order valence-electron chi connectivity index (χ3n) is 1.97. The normalized spacial score (nSPS) is 11.3. The Bertz CT molecular complexity index is 424. The summed E-state index contributed by atoms with van der Waals surface area (Å²) in [6.07, 6.45) is 1.13. The Labute approximate surface area is 99.3 Å². The third kappa shape index (κ3) is 3.95. The van der Waals surface area contributed by atoms with Gasteiger partial charge in [0.1, 0.15) is 12.4 Å². The standard InChI is InChI=1S/C12H13ClO3/c1-8(5-12(14)15)7-16-10-3-4-11(13)9(2)6-10/h3-6H,7H2,1-2H3,(H,14,15). The van der Waals surface area contributed by atoms with Crippen molar-refractivity contribution in [3.05, 3.63) is 40.4 Å². The Hall–Kier alpha value is -1.48. The predicted molar refractivity (Wildman–Crippen MR) is 63.1 cm³/mol. The summed E-state index contributed by atoms with van der Waals surface area (Å²) in [6, 6.07) is 5.32. The van der Waals surface area contributed by atoms with E-state index >= 15 is 0 Å². The maximum atomic E-state index is 10.4. The highest BCUT2D eigenvalue weighted by Crippen LogP contribution is 2.21. The molecule has 1 N–H and O–H groups in total. The van der Waals surface area contributed by atoms with Crippen LogP contribution in [0.4, 0.5) is 0 Å². The highest BCUT2D eigenvalue weighted by atomic mass is 35.5. The largest absolute Gasteiger partial charge is 0.489 e. The van der Waals surface area contributed by atoms with Crippen LogP contribution in [-0.2, 0) is 4.79 Å². The van der Waals surface area contributed by atoms with Gasteiger partial charge in [0, 0.05) is 11.1 Å². The number of carboxylic acids is 1. The molecule has 0 radical (unpaired) electrons. The average molecular weight is 241 g/mol. The third-order valence-corrected chi connectivity index (χ3v) is 2.39. The Morgan fingerprint density at radius 2 is 2.25 bits per heavy atom. The Balaban J connectivity index is 2.61. The molecule has 16 heavy (non-hydrogen) atoms. The molecule has 0 atom stereocenters. The molecule has 0 aromatic heterocycles. The summed E-state index contributed by atoms with van der Waals surface area (Å²) in [5.41, 5.74) is 1.58. The first-order chi connectivity index (χ1) is 7.49. The summed E-state index contributed by atoms with van der Waals surface area (Å²) in [6.45, 7) is 3.85. The van der Waals surface area contributed by atoms with Gasteiger partial charge in [0.05, 0.1) is 0 Å². The van der Waals surface area contributed by atoms with Crippen LogP contribution in [0.3, 0.4) is 0 Å². The van der Waals surface area contributed by atoms with Crippen molar-refractivity contribution in [2.24, 2.45) is 0 Å². The maximum Gasteiger partial charge on any atom is 0.328 e. The first kappa shape index (κ1) is 12.6. The molecule has 0 aliphatic rings. The number of ether oxygens (including phenoxy) is 1. The lowest BCUT2D eigenvalue weighted by Crippen LogP contribution is -2.01. The second-order valence-corrected chi connectivity index (χ2v) is 3.94. The molecule has 0 fully saturated rings. The first-order valence-electron chi connectivity index (χ1n) is 4.78. The van der Waals surface area contributed by atoms with Crippen molar-refractivity contribution >= 4 is 17.6 Å². The quantitative estimate of drug-likeness (QED) is 0.823. The second kappa shape index (κ2) is 5.56. The molecule has 0 unspecified atom stereocenters. The number of hydrogen-bond acceptors (Lipinski definition) is 2. The molecule has 0 bridgehead atoms. The molecule has 1 aromatic carbocycles. The smallest absolute Gasteiger partial charge is 0.328 e. The number of benzene rings is 1. The first-order valence-corrected chi connectivity index (χ1v) is 5.16. The van der Waals surface area contributed by atoms with Crippen molar-refractivity contribution in [2.45, 2.75) is 13.8 Å². The number of aliphatic carboxylic acids is 1. The number of hydrogen-bond donors (Lipinski definition) is 1. The van der Waals surface area contributed by atoms with E-state index in [0.29, 0.717) is 16.3 Å². The molecular formula is C12H13ClO3. The van der Waals surface area contributed by atoms with Crippen molar-refractivity contribution in [3.63, 3.8) is 0 Å². The van der Waals surface area contributed by atoms with Crippen molar-refractivity contribution in [1.82, 2.24) is 0 Å². The molecule has 0 saturated carbocycles. The summed E-state index contributed by atoms with van der Waals surface area (Å²) in [5.74, 6) is -0.284. The molecule has 0 spiro atoms. The fraction of sp³-hybridized carbons (Fsp3) is 0.250. The summed E-state index contributed by atoms with van der Waals surface area (Å²) in [4.78, 5) is 10.4. The van der Waals surface area contributed by atoms with Gasteiger partial charge in [0.2, 0.25) is 0 Å². The van der Waals surface area contributed by atoms with Gasteiger partial charge >= 0.3 is 5.97 Å². The van der Waals surface area contributed by atoms with E-state index < -0.39 is 5.97 Å². The summed E-state index contributed by atoms with van der Waals surface area (Å²) >= 11 is 5.87. The van der Waals surface area contributed by atoms with Crippen LogP contribution in [0.15, 0.2) is 29.8 Å². The fourth-order valence-electron chi connectivity index (χ4n) is 1.16. The molecule has 1 rings (SSSR count). The lowest BCUT2D eigenvalue weighted by atomic mass is 10.2. The molecule has 0 saturated heterocycles. The van der Waals surface area contributed by atoms with Gasteiger partial charge in [-0.05, 0) is 43.2 Å². The van der Waals surface area contributed by atoms with Crippen LogP contribution < -0.4 is 4.74 Å². The van der Waals surface area contributed by atoms with Gasteiger partial charge in [0.25, 0.3) is 0 Å². The van der Waals surface area contributed by atoms with Crippen LogP contribution in [0.5, 0.6) is 5.75 Å². The minimum Gasteiger partial charge on any atom is -0.489 e. The van der Waals surface area contributed by atoms with Gasteiger partial charge in [-0.25, -0.2) is 4.79 Å². The topological polar surface area (TPSA) is 46.5 Å². The monoisotopic (exact) mass is 240 g/mol. The van der Waals surface area contributed by atoms with Gasteiger partial charge in [-0.15, -0.1) is 0 Å². The van der Waals surface area contributed by atoms with E-state index in [1.807, 2.05) is 13.0 Å². The number of rotatable bonds is 4. The lowest BCUT2D eigenvalue weighted by Gasteiger charge is -2.07. The summed E-state index contributed by atoms with van der Waals surface area (Å²) < 4.78 is 5.41. The van der Waals surface area contributed by atoms with Gasteiger partial charge in [0.15, 0.2) is 0 Å². The Kier molecular flexibility index (Phi) is 4.38.